The Balaban J connectivity index is 3.02. The third-order valence-corrected chi connectivity index (χ3v) is 2.12. The summed E-state index contributed by atoms with van der Waals surface area (Å²) in [6.45, 7) is 4.19. The van der Waals surface area contributed by atoms with Crippen LogP contribution in [0.4, 0.5) is 17.6 Å². The van der Waals surface area contributed by atoms with E-state index >= 15 is 0 Å². The Bertz CT molecular complexity index is 310. The lowest BCUT2D eigenvalue weighted by atomic mass is 10.3. The Hall–Kier alpha value is -1.52. The van der Waals surface area contributed by atoms with E-state index in [0.29, 0.717) is 12.0 Å². The van der Waals surface area contributed by atoms with Crippen molar-refractivity contribution in [1.29, 1.82) is 0 Å². The topological polar surface area (TPSA) is 67.1 Å². The number of nitrogens with zero attached hydrogens (tertiary/aromatic N) is 3. The third-order valence-electron chi connectivity index (χ3n) is 2.12. The number of anilines is 3. The smallest absolute Gasteiger partial charge is 0.223 e. The standard InChI is InChI=1S/C9H17N5/c1-6(2)14(4)8-5-7(11-3)12-9(10)13-8/h5-6H,1-4H3,(H3,10,11,12,13). The molecule has 0 aliphatic rings. The lowest BCUT2D eigenvalue weighted by Gasteiger charge is -2.22. The van der Waals surface area contributed by atoms with Crippen LogP contribution in [0, 0.1) is 0 Å². The number of nitrogen functional groups attached to an aromatic ring is 1. The predicted molar refractivity (Wildman–Crippen MR) is 59.5 cm³/mol. The quantitative estimate of drug-likeness (QED) is 0.751. The fraction of sp³-hybridized carbons (Fsp3) is 0.556. The van der Waals surface area contributed by atoms with Gasteiger partial charge in [0.15, 0.2) is 0 Å². The molecule has 78 valence electrons. The largest absolute Gasteiger partial charge is 0.373 e. The van der Waals surface area contributed by atoms with Crippen LogP contribution in [0.25, 0.3) is 0 Å². The molecule has 0 aromatic carbocycles. The minimum absolute atomic E-state index is 0.291. The number of hydrogen-bond donors (Lipinski definition) is 2. The zero-order valence-electron chi connectivity index (χ0n) is 9.07. The van der Waals surface area contributed by atoms with Crippen molar-refractivity contribution < 1.29 is 0 Å². The molecule has 0 aliphatic heterocycles. The van der Waals surface area contributed by atoms with E-state index in [1.807, 2.05) is 18.0 Å². The van der Waals surface area contributed by atoms with Gasteiger partial charge in [-0.15, -0.1) is 0 Å². The molecule has 0 aliphatic carbocycles. The summed E-state index contributed by atoms with van der Waals surface area (Å²) >= 11 is 0. The van der Waals surface area contributed by atoms with Crippen molar-refractivity contribution in [1.82, 2.24) is 9.97 Å². The molecule has 0 amide bonds. The van der Waals surface area contributed by atoms with Crippen molar-refractivity contribution in [2.45, 2.75) is 19.9 Å². The van der Waals surface area contributed by atoms with Gasteiger partial charge < -0.3 is 16.0 Å². The molecule has 1 rings (SSSR count). The maximum atomic E-state index is 5.58. The van der Waals surface area contributed by atoms with Crippen LogP contribution in [-0.4, -0.2) is 30.1 Å². The molecule has 0 bridgehead atoms. The first kappa shape index (κ1) is 10.6. The van der Waals surface area contributed by atoms with Crippen LogP contribution < -0.4 is 16.0 Å². The number of rotatable bonds is 3. The molecule has 5 heteroatoms. The monoisotopic (exact) mass is 195 g/mol. The summed E-state index contributed by atoms with van der Waals surface area (Å²) in [6.07, 6.45) is 0. The number of nitrogens with two attached hydrogens (primary N) is 1. The molecule has 1 heterocycles. The highest BCUT2D eigenvalue weighted by Crippen LogP contribution is 2.16. The Morgan fingerprint density at radius 1 is 1.43 bits per heavy atom. The maximum absolute atomic E-state index is 5.58. The first-order valence-corrected chi connectivity index (χ1v) is 4.59. The molecular formula is C9H17N5. The van der Waals surface area contributed by atoms with Crippen LogP contribution in [0.5, 0.6) is 0 Å². The van der Waals surface area contributed by atoms with Gasteiger partial charge in [0, 0.05) is 26.2 Å². The van der Waals surface area contributed by atoms with Crippen molar-refractivity contribution in [2.75, 3.05) is 30.0 Å². The van der Waals surface area contributed by atoms with Crippen LogP contribution in [0.15, 0.2) is 6.07 Å². The SMILES string of the molecule is CNc1cc(N(C)C(C)C)nc(N)n1. The van der Waals surface area contributed by atoms with Crippen molar-refractivity contribution in [2.24, 2.45) is 0 Å². The van der Waals surface area contributed by atoms with Crippen molar-refractivity contribution >= 4 is 17.6 Å². The number of hydrogen-bond acceptors (Lipinski definition) is 5. The van der Waals surface area contributed by atoms with Gasteiger partial charge in [-0.05, 0) is 13.8 Å². The lowest BCUT2D eigenvalue weighted by Crippen LogP contribution is -2.27. The van der Waals surface area contributed by atoms with E-state index in [-0.39, 0.29) is 0 Å². The van der Waals surface area contributed by atoms with E-state index in [4.69, 9.17) is 5.73 Å². The van der Waals surface area contributed by atoms with E-state index in [1.165, 1.54) is 0 Å². The predicted octanol–water partition coefficient (Wildman–Crippen LogP) is 0.945. The van der Waals surface area contributed by atoms with Gasteiger partial charge in [0.1, 0.15) is 11.6 Å². The number of nitrogens with one attached hydrogen (secondary N) is 1. The molecule has 1 aromatic heterocycles. The molecule has 0 unspecified atom stereocenters. The Morgan fingerprint density at radius 3 is 2.57 bits per heavy atom. The van der Waals surface area contributed by atoms with Crippen molar-refractivity contribution in [3.8, 4) is 0 Å². The highest BCUT2D eigenvalue weighted by Gasteiger charge is 2.08. The van der Waals surface area contributed by atoms with Crippen LogP contribution in [0.1, 0.15) is 13.8 Å². The van der Waals surface area contributed by atoms with Gasteiger partial charge in [-0.2, -0.15) is 9.97 Å². The molecule has 0 spiro atoms. The van der Waals surface area contributed by atoms with Gasteiger partial charge in [0.2, 0.25) is 5.95 Å². The van der Waals surface area contributed by atoms with E-state index < -0.39 is 0 Å². The molecule has 0 fully saturated rings. The molecule has 0 saturated heterocycles. The van der Waals surface area contributed by atoms with Crippen molar-refractivity contribution in [3.05, 3.63) is 6.07 Å². The van der Waals surface area contributed by atoms with Gasteiger partial charge in [-0.1, -0.05) is 0 Å². The second kappa shape index (κ2) is 4.13. The molecule has 5 nitrogen and oxygen atoms in total. The van der Waals surface area contributed by atoms with Gasteiger partial charge in [0.05, 0.1) is 0 Å². The third kappa shape index (κ3) is 2.25. The summed E-state index contributed by atoms with van der Waals surface area (Å²) in [5.74, 6) is 1.86. The zero-order valence-corrected chi connectivity index (χ0v) is 9.07. The molecule has 0 atom stereocenters. The van der Waals surface area contributed by atoms with E-state index in [0.717, 1.165) is 11.6 Å². The second-order valence-corrected chi connectivity index (χ2v) is 3.42. The highest BCUT2D eigenvalue weighted by molar-refractivity contribution is 5.52. The summed E-state index contributed by atoms with van der Waals surface area (Å²) in [7, 11) is 3.78. The molecular weight excluding hydrogens is 178 g/mol. The molecule has 0 radical (unpaired) electrons. The van der Waals surface area contributed by atoms with Crippen LogP contribution in [0.2, 0.25) is 0 Å². The second-order valence-electron chi connectivity index (χ2n) is 3.42. The molecule has 14 heavy (non-hydrogen) atoms. The Morgan fingerprint density at radius 2 is 2.07 bits per heavy atom. The summed E-state index contributed by atoms with van der Waals surface area (Å²) in [6, 6.07) is 2.25. The minimum atomic E-state index is 0.291. The first-order chi connectivity index (χ1) is 6.54. The summed E-state index contributed by atoms with van der Waals surface area (Å²) < 4.78 is 0. The van der Waals surface area contributed by atoms with E-state index in [9.17, 15) is 0 Å². The fourth-order valence-corrected chi connectivity index (χ4v) is 1.03. The molecule has 1 aromatic rings. The summed E-state index contributed by atoms with van der Waals surface area (Å²) in [5.41, 5.74) is 5.58. The Labute approximate surface area is 84.3 Å². The average Bonchev–Trinajstić information content (AvgIpc) is 2.15. The zero-order chi connectivity index (χ0) is 10.7. The van der Waals surface area contributed by atoms with Gasteiger partial charge in [-0.3, -0.25) is 0 Å². The normalized spacial score (nSPS) is 10.4. The Kier molecular flexibility index (Phi) is 3.11. The van der Waals surface area contributed by atoms with Gasteiger partial charge in [-0.25, -0.2) is 0 Å². The van der Waals surface area contributed by atoms with Gasteiger partial charge >= 0.3 is 0 Å². The number of aromatic nitrogens is 2. The van der Waals surface area contributed by atoms with Crippen molar-refractivity contribution in [3.63, 3.8) is 0 Å². The maximum Gasteiger partial charge on any atom is 0.223 e. The average molecular weight is 195 g/mol. The minimum Gasteiger partial charge on any atom is -0.373 e. The summed E-state index contributed by atoms with van der Waals surface area (Å²) in [4.78, 5) is 10.2. The molecule has 3 N–H and O–H groups in total. The van der Waals surface area contributed by atoms with Crippen LogP contribution in [-0.2, 0) is 0 Å². The lowest BCUT2D eigenvalue weighted by molar-refractivity contribution is 0.742. The van der Waals surface area contributed by atoms with Crippen LogP contribution >= 0.6 is 0 Å². The fourth-order valence-electron chi connectivity index (χ4n) is 1.03. The van der Waals surface area contributed by atoms with Crippen LogP contribution in [0.3, 0.4) is 0 Å². The molecule has 0 saturated carbocycles. The van der Waals surface area contributed by atoms with E-state index in [1.54, 1.807) is 7.05 Å². The highest BCUT2D eigenvalue weighted by atomic mass is 15.2. The summed E-state index contributed by atoms with van der Waals surface area (Å²) in [5, 5.41) is 2.94. The first-order valence-electron chi connectivity index (χ1n) is 4.59. The van der Waals surface area contributed by atoms with Gasteiger partial charge in [0.25, 0.3) is 0 Å². The van der Waals surface area contributed by atoms with E-state index in [2.05, 4.69) is 29.1 Å².